The second kappa shape index (κ2) is 9.46. The van der Waals surface area contributed by atoms with Crippen LogP contribution in [0.25, 0.3) is 0 Å². The smallest absolute Gasteiger partial charge is 0.319 e. The van der Waals surface area contributed by atoms with Crippen molar-refractivity contribution in [2.45, 2.75) is 57.0 Å². The molecule has 0 radical (unpaired) electrons. The van der Waals surface area contributed by atoms with Crippen molar-refractivity contribution in [2.75, 3.05) is 35.6 Å². The van der Waals surface area contributed by atoms with E-state index in [1.165, 1.54) is 25.7 Å². The Hall–Kier alpha value is -1.47. The summed E-state index contributed by atoms with van der Waals surface area (Å²) < 4.78 is 5.76. The van der Waals surface area contributed by atoms with Gasteiger partial charge < -0.3 is 20.3 Å². The molecule has 1 saturated carbocycles. The molecule has 7 heteroatoms. The topological polar surface area (TPSA) is 66.5 Å². The Balaban J connectivity index is 1.39. The molecule has 26 heavy (non-hydrogen) atoms. The fourth-order valence-electron chi connectivity index (χ4n) is 3.63. The molecule has 2 fully saturated rings. The quantitative estimate of drug-likeness (QED) is 0.742. The fraction of sp³-hybridized carbons (Fsp3) is 0.684. The van der Waals surface area contributed by atoms with E-state index in [9.17, 15) is 4.79 Å². The molecule has 2 atom stereocenters. The van der Waals surface area contributed by atoms with Crippen LogP contribution in [0.2, 0.25) is 0 Å². The molecule has 1 aliphatic heterocycles. The van der Waals surface area contributed by atoms with Crippen molar-refractivity contribution in [2.24, 2.45) is 0 Å². The van der Waals surface area contributed by atoms with Gasteiger partial charge in [-0.3, -0.25) is 0 Å². The summed E-state index contributed by atoms with van der Waals surface area (Å²) in [5, 5.41) is 6.57. The lowest BCUT2D eigenvalue weighted by atomic mass is 10.2. The lowest BCUT2D eigenvalue weighted by molar-refractivity contribution is -0.00545. The number of carbonyl (C=O) groups excluding carboxylic acids is 1. The molecule has 1 aromatic rings. The van der Waals surface area contributed by atoms with Gasteiger partial charge in [-0.15, -0.1) is 0 Å². The van der Waals surface area contributed by atoms with E-state index in [4.69, 9.17) is 4.74 Å². The maximum atomic E-state index is 12.0. The number of rotatable bonds is 6. The van der Waals surface area contributed by atoms with Gasteiger partial charge in [-0.25, -0.2) is 9.78 Å². The summed E-state index contributed by atoms with van der Waals surface area (Å²) >= 11 is 1.98. The molecule has 0 bridgehead atoms. The number of hydrogen-bond donors (Lipinski definition) is 2. The van der Waals surface area contributed by atoms with Gasteiger partial charge in [-0.2, -0.15) is 11.8 Å². The Kier molecular flexibility index (Phi) is 7.02. The van der Waals surface area contributed by atoms with Gasteiger partial charge in [0.2, 0.25) is 0 Å². The molecule has 2 N–H and O–H groups in total. The Morgan fingerprint density at radius 3 is 2.65 bits per heavy atom. The average Bonchev–Trinajstić information content (AvgIpc) is 3.12. The first-order valence-corrected chi connectivity index (χ1v) is 10.7. The van der Waals surface area contributed by atoms with Gasteiger partial charge in [0.1, 0.15) is 5.82 Å². The van der Waals surface area contributed by atoms with E-state index in [0.717, 1.165) is 29.9 Å². The number of morpholine rings is 1. The van der Waals surface area contributed by atoms with Crippen LogP contribution in [0.3, 0.4) is 0 Å². The highest BCUT2D eigenvalue weighted by atomic mass is 32.2. The van der Waals surface area contributed by atoms with E-state index < -0.39 is 0 Å². The number of hydrogen-bond acceptors (Lipinski definition) is 5. The molecule has 2 aliphatic rings. The number of pyridine rings is 1. The molecule has 2 amide bonds. The molecule has 1 aliphatic carbocycles. The Morgan fingerprint density at radius 2 is 2.00 bits per heavy atom. The highest BCUT2D eigenvalue weighted by Gasteiger charge is 2.23. The van der Waals surface area contributed by atoms with Gasteiger partial charge in [-0.1, -0.05) is 12.8 Å². The summed E-state index contributed by atoms with van der Waals surface area (Å²) in [6.07, 6.45) is 7.49. The maximum absolute atomic E-state index is 12.0. The van der Waals surface area contributed by atoms with E-state index >= 15 is 0 Å². The Morgan fingerprint density at radius 1 is 1.27 bits per heavy atom. The first-order chi connectivity index (χ1) is 12.6. The largest absolute Gasteiger partial charge is 0.372 e. The van der Waals surface area contributed by atoms with Gasteiger partial charge in [0.15, 0.2) is 0 Å². The number of anilines is 2. The molecule has 2 heterocycles. The normalized spacial score (nSPS) is 23.8. The molecular formula is C19H30N4O2S. The lowest BCUT2D eigenvalue weighted by Gasteiger charge is -2.36. The van der Waals surface area contributed by atoms with Crippen LogP contribution in [0.4, 0.5) is 16.3 Å². The standard InChI is InChI=1S/C19H30N4O2S/c1-14-12-23(13-15(2)25-14)18-8-7-16(11-21-18)22-19(24)20-9-10-26-17-5-3-4-6-17/h7-8,11,14-15,17H,3-6,9-10,12-13H2,1-2H3,(H2,20,22,24). The van der Waals surface area contributed by atoms with Crippen LogP contribution < -0.4 is 15.5 Å². The molecule has 144 valence electrons. The number of amides is 2. The number of ether oxygens (including phenoxy) is 1. The van der Waals surface area contributed by atoms with Crippen LogP contribution in [-0.2, 0) is 4.74 Å². The Labute approximate surface area is 160 Å². The van der Waals surface area contributed by atoms with Crippen LogP contribution in [0.5, 0.6) is 0 Å². The summed E-state index contributed by atoms with van der Waals surface area (Å²) in [6, 6.07) is 3.69. The molecule has 1 aromatic heterocycles. The minimum Gasteiger partial charge on any atom is -0.372 e. The van der Waals surface area contributed by atoms with Crippen LogP contribution in [0.1, 0.15) is 39.5 Å². The number of aromatic nitrogens is 1. The first-order valence-electron chi connectivity index (χ1n) is 9.63. The van der Waals surface area contributed by atoms with Crippen molar-refractivity contribution in [1.82, 2.24) is 10.3 Å². The van der Waals surface area contributed by atoms with E-state index in [-0.39, 0.29) is 18.2 Å². The highest BCUT2D eigenvalue weighted by molar-refractivity contribution is 7.99. The number of urea groups is 1. The van der Waals surface area contributed by atoms with Gasteiger partial charge in [-0.05, 0) is 38.8 Å². The van der Waals surface area contributed by atoms with Gasteiger partial charge >= 0.3 is 6.03 Å². The minimum absolute atomic E-state index is 0.166. The third kappa shape index (κ3) is 5.77. The van der Waals surface area contributed by atoms with Crippen molar-refractivity contribution >= 4 is 29.3 Å². The third-order valence-electron chi connectivity index (χ3n) is 4.79. The molecule has 6 nitrogen and oxygen atoms in total. The van der Waals surface area contributed by atoms with Crippen molar-refractivity contribution in [3.8, 4) is 0 Å². The second-order valence-corrected chi connectivity index (χ2v) is 8.63. The zero-order valence-corrected chi connectivity index (χ0v) is 16.6. The average molecular weight is 379 g/mol. The third-order valence-corrected chi connectivity index (χ3v) is 6.18. The number of thioether (sulfide) groups is 1. The molecule has 0 aromatic carbocycles. The van der Waals surface area contributed by atoms with E-state index in [1.807, 2.05) is 23.9 Å². The van der Waals surface area contributed by atoms with E-state index in [2.05, 4.69) is 34.4 Å². The maximum Gasteiger partial charge on any atom is 0.319 e. The molecule has 2 unspecified atom stereocenters. The van der Waals surface area contributed by atoms with Gasteiger partial charge in [0, 0.05) is 30.6 Å². The van der Waals surface area contributed by atoms with Crippen LogP contribution in [0.15, 0.2) is 18.3 Å². The predicted molar refractivity (Wildman–Crippen MR) is 108 cm³/mol. The van der Waals surface area contributed by atoms with Gasteiger partial charge in [0.05, 0.1) is 24.1 Å². The van der Waals surface area contributed by atoms with E-state index in [0.29, 0.717) is 12.2 Å². The van der Waals surface area contributed by atoms with Gasteiger partial charge in [0.25, 0.3) is 0 Å². The van der Waals surface area contributed by atoms with Crippen molar-refractivity contribution < 1.29 is 9.53 Å². The van der Waals surface area contributed by atoms with E-state index in [1.54, 1.807) is 6.20 Å². The molecular weight excluding hydrogens is 348 g/mol. The molecule has 0 spiro atoms. The lowest BCUT2D eigenvalue weighted by Crippen LogP contribution is -2.45. The van der Waals surface area contributed by atoms with Crippen LogP contribution in [-0.4, -0.2) is 53.9 Å². The summed E-state index contributed by atoms with van der Waals surface area (Å²) in [5.74, 6) is 1.90. The SMILES string of the molecule is CC1CN(c2ccc(NC(=O)NCCSC3CCCC3)cn2)CC(C)O1. The predicted octanol–water partition coefficient (Wildman–Crippen LogP) is 3.49. The summed E-state index contributed by atoms with van der Waals surface area (Å²) in [5.41, 5.74) is 0.712. The molecule has 3 rings (SSSR count). The number of nitrogens with zero attached hydrogens (tertiary/aromatic N) is 2. The number of nitrogens with one attached hydrogen (secondary N) is 2. The van der Waals surface area contributed by atoms with Crippen LogP contribution >= 0.6 is 11.8 Å². The minimum atomic E-state index is -0.166. The van der Waals surface area contributed by atoms with Crippen molar-refractivity contribution in [1.29, 1.82) is 0 Å². The zero-order valence-electron chi connectivity index (χ0n) is 15.7. The number of carbonyl (C=O) groups is 1. The summed E-state index contributed by atoms with van der Waals surface area (Å²) in [4.78, 5) is 18.7. The van der Waals surface area contributed by atoms with Crippen molar-refractivity contribution in [3.63, 3.8) is 0 Å². The fourth-order valence-corrected chi connectivity index (χ4v) is 4.85. The summed E-state index contributed by atoms with van der Waals surface area (Å²) in [7, 11) is 0. The zero-order chi connectivity index (χ0) is 18.4. The van der Waals surface area contributed by atoms with Crippen LogP contribution in [0, 0.1) is 0 Å². The molecule has 1 saturated heterocycles. The summed E-state index contributed by atoms with van der Waals surface area (Å²) in [6.45, 7) is 6.52. The highest BCUT2D eigenvalue weighted by Crippen LogP contribution is 2.28. The Bertz CT molecular complexity index is 567. The second-order valence-electron chi connectivity index (χ2n) is 7.23. The van der Waals surface area contributed by atoms with Crippen molar-refractivity contribution in [3.05, 3.63) is 18.3 Å². The monoisotopic (exact) mass is 378 g/mol. The first kappa shape index (κ1) is 19.3.